The number of fused-ring (bicyclic) bond motifs is 1. The van der Waals surface area contributed by atoms with Gasteiger partial charge in [-0.2, -0.15) is 0 Å². The SMILES string of the molecule is O=C(NCc1cccc(Cl)c1)C1C2CN(CC3(O)CCCCC3)CC21. The van der Waals surface area contributed by atoms with Gasteiger partial charge in [0.05, 0.1) is 5.60 Å². The standard InChI is InChI=1S/C20H27ClN2O2/c21-15-6-4-5-14(9-15)10-22-19(24)18-16-11-23(12-17(16)18)13-20(25)7-2-1-3-8-20/h4-6,9,16-18,25H,1-3,7-8,10-13H2,(H,22,24). The molecule has 1 aliphatic heterocycles. The van der Waals surface area contributed by atoms with Crippen LogP contribution in [-0.4, -0.2) is 41.1 Å². The third-order valence-corrected chi connectivity index (χ3v) is 6.47. The molecule has 5 heteroatoms. The Hall–Kier alpha value is -1.10. The van der Waals surface area contributed by atoms with Crippen molar-refractivity contribution in [1.29, 1.82) is 0 Å². The molecule has 1 heterocycles. The molecule has 3 aliphatic rings. The molecule has 1 saturated heterocycles. The average Bonchev–Trinajstić information content (AvgIpc) is 3.09. The molecule has 2 saturated carbocycles. The molecule has 2 unspecified atom stereocenters. The summed E-state index contributed by atoms with van der Waals surface area (Å²) in [4.78, 5) is 14.8. The van der Waals surface area contributed by atoms with Crippen LogP contribution in [0, 0.1) is 17.8 Å². The highest BCUT2D eigenvalue weighted by atomic mass is 35.5. The zero-order chi connectivity index (χ0) is 17.4. The Morgan fingerprint density at radius 2 is 1.96 bits per heavy atom. The van der Waals surface area contributed by atoms with Gasteiger partial charge in [0.25, 0.3) is 0 Å². The van der Waals surface area contributed by atoms with Crippen LogP contribution in [0.5, 0.6) is 0 Å². The van der Waals surface area contributed by atoms with Gasteiger partial charge < -0.3 is 10.4 Å². The van der Waals surface area contributed by atoms with Crippen molar-refractivity contribution in [2.24, 2.45) is 17.8 Å². The highest BCUT2D eigenvalue weighted by molar-refractivity contribution is 6.30. The number of β-amino-alcohol motifs (C(OH)–C–C–N with tert-alkyl or cyclic N) is 1. The number of halogens is 1. The molecule has 0 radical (unpaired) electrons. The molecule has 2 atom stereocenters. The van der Waals surface area contributed by atoms with Crippen LogP contribution in [0.1, 0.15) is 37.7 Å². The fourth-order valence-electron chi connectivity index (χ4n) is 4.87. The summed E-state index contributed by atoms with van der Waals surface area (Å²) in [7, 11) is 0. The minimum Gasteiger partial charge on any atom is -0.389 e. The van der Waals surface area contributed by atoms with Crippen molar-refractivity contribution < 1.29 is 9.90 Å². The van der Waals surface area contributed by atoms with E-state index in [1.807, 2.05) is 24.3 Å². The van der Waals surface area contributed by atoms with E-state index in [2.05, 4.69) is 10.2 Å². The molecule has 4 nitrogen and oxygen atoms in total. The van der Waals surface area contributed by atoms with E-state index in [4.69, 9.17) is 11.6 Å². The number of carbonyl (C=O) groups is 1. The fraction of sp³-hybridized carbons (Fsp3) is 0.650. The van der Waals surface area contributed by atoms with Gasteiger partial charge in [-0.25, -0.2) is 0 Å². The molecule has 1 aromatic rings. The van der Waals surface area contributed by atoms with Crippen LogP contribution in [0.25, 0.3) is 0 Å². The number of piperidine rings is 1. The Morgan fingerprint density at radius 3 is 2.64 bits per heavy atom. The number of aliphatic hydroxyl groups is 1. The van der Waals surface area contributed by atoms with Crippen LogP contribution < -0.4 is 5.32 Å². The second kappa shape index (κ2) is 6.90. The summed E-state index contributed by atoms with van der Waals surface area (Å²) >= 11 is 5.98. The van der Waals surface area contributed by atoms with Crippen LogP contribution in [0.2, 0.25) is 5.02 Å². The first kappa shape index (κ1) is 17.3. The summed E-state index contributed by atoms with van der Waals surface area (Å²) in [6, 6.07) is 7.62. The Kier molecular flexibility index (Phi) is 4.78. The van der Waals surface area contributed by atoms with Crippen LogP contribution in [0.4, 0.5) is 0 Å². The lowest BCUT2D eigenvalue weighted by molar-refractivity contribution is -0.123. The average molecular weight is 363 g/mol. The third-order valence-electron chi connectivity index (χ3n) is 6.23. The van der Waals surface area contributed by atoms with Gasteiger partial charge in [-0.15, -0.1) is 0 Å². The van der Waals surface area contributed by atoms with Gasteiger partial charge in [0.15, 0.2) is 0 Å². The zero-order valence-corrected chi connectivity index (χ0v) is 15.3. The van der Waals surface area contributed by atoms with Crippen molar-refractivity contribution >= 4 is 17.5 Å². The number of benzene rings is 1. The lowest BCUT2D eigenvalue weighted by Gasteiger charge is -2.36. The molecule has 2 aliphatic carbocycles. The van der Waals surface area contributed by atoms with Gasteiger partial charge >= 0.3 is 0 Å². The van der Waals surface area contributed by atoms with E-state index in [0.29, 0.717) is 23.4 Å². The van der Waals surface area contributed by atoms with Gasteiger partial charge in [0.2, 0.25) is 5.91 Å². The Labute approximate surface area is 154 Å². The number of nitrogens with one attached hydrogen (secondary N) is 1. The third kappa shape index (κ3) is 3.86. The van der Waals surface area contributed by atoms with E-state index in [-0.39, 0.29) is 11.8 Å². The number of likely N-dealkylation sites (tertiary alicyclic amines) is 1. The summed E-state index contributed by atoms with van der Waals surface area (Å²) in [6.07, 6.45) is 5.41. The van der Waals surface area contributed by atoms with E-state index in [1.54, 1.807) is 0 Å². The first-order valence-electron chi connectivity index (χ1n) is 9.51. The van der Waals surface area contributed by atoms with Crippen molar-refractivity contribution in [3.63, 3.8) is 0 Å². The predicted molar refractivity (Wildman–Crippen MR) is 98.2 cm³/mol. The maximum Gasteiger partial charge on any atom is 0.224 e. The number of nitrogens with zero attached hydrogens (tertiary/aromatic N) is 1. The van der Waals surface area contributed by atoms with Crippen molar-refractivity contribution in [1.82, 2.24) is 10.2 Å². The van der Waals surface area contributed by atoms with Gasteiger partial charge in [0, 0.05) is 37.1 Å². The van der Waals surface area contributed by atoms with Gasteiger partial charge in [0.1, 0.15) is 0 Å². The maximum atomic E-state index is 12.4. The van der Waals surface area contributed by atoms with E-state index >= 15 is 0 Å². The molecule has 3 fully saturated rings. The summed E-state index contributed by atoms with van der Waals surface area (Å²) < 4.78 is 0. The largest absolute Gasteiger partial charge is 0.389 e. The lowest BCUT2D eigenvalue weighted by atomic mass is 9.84. The Balaban J connectivity index is 1.23. The summed E-state index contributed by atoms with van der Waals surface area (Å²) in [6.45, 7) is 3.25. The van der Waals surface area contributed by atoms with E-state index in [0.717, 1.165) is 50.9 Å². The minimum absolute atomic E-state index is 0.163. The molecule has 0 bridgehead atoms. The van der Waals surface area contributed by atoms with Gasteiger partial charge in [-0.1, -0.05) is 43.0 Å². The fourth-order valence-corrected chi connectivity index (χ4v) is 5.08. The molecule has 0 aromatic heterocycles. The monoisotopic (exact) mass is 362 g/mol. The van der Waals surface area contributed by atoms with Crippen molar-refractivity contribution in [3.8, 4) is 0 Å². The van der Waals surface area contributed by atoms with Crippen LogP contribution in [-0.2, 0) is 11.3 Å². The van der Waals surface area contributed by atoms with Crippen molar-refractivity contribution in [2.75, 3.05) is 19.6 Å². The predicted octanol–water partition coefficient (Wildman–Crippen LogP) is 2.83. The van der Waals surface area contributed by atoms with Crippen molar-refractivity contribution in [3.05, 3.63) is 34.9 Å². The minimum atomic E-state index is -0.487. The zero-order valence-electron chi connectivity index (χ0n) is 14.6. The number of carbonyl (C=O) groups excluding carboxylic acids is 1. The second-order valence-electron chi connectivity index (χ2n) is 8.18. The summed E-state index contributed by atoms with van der Waals surface area (Å²) in [5.41, 5.74) is 0.548. The maximum absolute atomic E-state index is 12.4. The highest BCUT2D eigenvalue weighted by Gasteiger charge is 2.59. The lowest BCUT2D eigenvalue weighted by Crippen LogP contribution is -2.45. The van der Waals surface area contributed by atoms with E-state index < -0.39 is 5.60 Å². The molecular formula is C20H27ClN2O2. The van der Waals surface area contributed by atoms with E-state index in [1.165, 1.54) is 6.42 Å². The molecule has 0 spiro atoms. The number of rotatable bonds is 5. The normalized spacial score (nSPS) is 30.7. The molecule has 25 heavy (non-hydrogen) atoms. The molecule has 2 N–H and O–H groups in total. The Morgan fingerprint density at radius 1 is 1.24 bits per heavy atom. The molecular weight excluding hydrogens is 336 g/mol. The van der Waals surface area contributed by atoms with Gasteiger partial charge in [-0.05, 0) is 42.4 Å². The molecule has 4 rings (SSSR count). The Bertz CT molecular complexity index is 632. The van der Waals surface area contributed by atoms with E-state index in [9.17, 15) is 9.90 Å². The van der Waals surface area contributed by atoms with Gasteiger partial charge in [-0.3, -0.25) is 9.69 Å². The number of hydrogen-bond donors (Lipinski definition) is 2. The first-order chi connectivity index (χ1) is 12.0. The van der Waals surface area contributed by atoms with Crippen molar-refractivity contribution in [2.45, 2.75) is 44.2 Å². The molecule has 136 valence electrons. The first-order valence-corrected chi connectivity index (χ1v) is 9.89. The molecule has 1 aromatic carbocycles. The van der Waals surface area contributed by atoms with Crippen LogP contribution >= 0.6 is 11.6 Å². The quantitative estimate of drug-likeness (QED) is 0.846. The highest BCUT2D eigenvalue weighted by Crippen LogP contribution is 2.52. The molecule has 1 amide bonds. The smallest absolute Gasteiger partial charge is 0.224 e. The van der Waals surface area contributed by atoms with Crippen LogP contribution in [0.15, 0.2) is 24.3 Å². The summed E-state index contributed by atoms with van der Waals surface area (Å²) in [5.74, 6) is 1.29. The second-order valence-corrected chi connectivity index (χ2v) is 8.62. The summed E-state index contributed by atoms with van der Waals surface area (Å²) in [5, 5.41) is 14.5. The van der Waals surface area contributed by atoms with Crippen LogP contribution in [0.3, 0.4) is 0 Å². The topological polar surface area (TPSA) is 52.6 Å². The number of hydrogen-bond acceptors (Lipinski definition) is 3. The number of amides is 1.